The fraction of sp³-hybridized carbons (Fsp3) is 0.800. The molecule has 0 unspecified atom stereocenters. The normalized spacial score (nSPS) is 12.0. The molecule has 0 radical (unpaired) electrons. The summed E-state index contributed by atoms with van der Waals surface area (Å²) in [4.78, 5) is 0. The van der Waals surface area contributed by atoms with Crippen molar-refractivity contribution in [3.8, 4) is 0 Å². The average Bonchev–Trinajstić information content (AvgIpc) is 2.95. The lowest BCUT2D eigenvalue weighted by Gasteiger charge is -2.24. The van der Waals surface area contributed by atoms with Gasteiger partial charge in [0.25, 0.3) is 0 Å². The van der Waals surface area contributed by atoms with E-state index < -0.39 is 8.80 Å². The lowest BCUT2D eigenvalue weighted by atomic mass is 10.1. The maximum atomic E-state index is 5.45. The molecule has 0 saturated heterocycles. The van der Waals surface area contributed by atoms with Gasteiger partial charge in [0.05, 0.1) is 0 Å². The van der Waals surface area contributed by atoms with E-state index >= 15 is 0 Å². The summed E-state index contributed by atoms with van der Waals surface area (Å²) in [5.41, 5.74) is 2.78. The summed E-state index contributed by atoms with van der Waals surface area (Å²) in [6.07, 6.45) is 11.8. The largest absolute Gasteiger partial charge is 0.500 e. The molecule has 0 amide bonds. The number of aryl methyl sites for hydroxylation is 2. The van der Waals surface area contributed by atoms with Crippen molar-refractivity contribution < 1.29 is 13.3 Å². The minimum atomic E-state index is -2.34. The van der Waals surface area contributed by atoms with Crippen molar-refractivity contribution in [1.82, 2.24) is 4.57 Å². The smallest absolute Gasteiger partial charge is 0.377 e. The molecule has 0 aliphatic heterocycles. The Morgan fingerprint density at radius 1 is 0.680 bits per heavy atom. The van der Waals surface area contributed by atoms with Crippen LogP contribution in [0.1, 0.15) is 69.2 Å². The van der Waals surface area contributed by atoms with E-state index in [9.17, 15) is 0 Å². The van der Waals surface area contributed by atoms with Crippen molar-refractivity contribution in [2.45, 2.75) is 84.2 Å². The van der Waals surface area contributed by atoms with E-state index in [1.165, 1.54) is 69.3 Å². The zero-order chi connectivity index (χ0) is 18.5. The van der Waals surface area contributed by atoms with Crippen molar-refractivity contribution in [2.24, 2.45) is 0 Å². The van der Waals surface area contributed by atoms with Gasteiger partial charge in [-0.2, -0.15) is 0 Å². The molecule has 1 aromatic rings. The molecule has 0 aliphatic rings. The minimum Gasteiger partial charge on any atom is -0.377 e. The molecule has 1 rings (SSSR count). The third-order valence-corrected chi connectivity index (χ3v) is 8.05. The second-order valence-corrected chi connectivity index (χ2v) is 10.1. The van der Waals surface area contributed by atoms with Gasteiger partial charge in [-0.1, -0.05) is 44.9 Å². The number of nitrogens with zero attached hydrogens (tertiary/aromatic N) is 1. The predicted octanol–water partition coefficient (Wildman–Crippen LogP) is 5.49. The Balaban J connectivity index is 1.94. The molecule has 1 aromatic heterocycles. The van der Waals surface area contributed by atoms with Crippen molar-refractivity contribution in [2.75, 3.05) is 21.3 Å². The van der Waals surface area contributed by atoms with E-state index in [1.54, 1.807) is 21.3 Å². The van der Waals surface area contributed by atoms with Crippen molar-refractivity contribution in [3.63, 3.8) is 0 Å². The SMILES string of the molecule is CO[Si](CCCCCCCCCCCn1c(C)ccc1C)(OC)OC. The molecule has 0 bridgehead atoms. The fourth-order valence-electron chi connectivity index (χ4n) is 3.46. The van der Waals surface area contributed by atoms with Crippen LogP contribution in [0, 0.1) is 13.8 Å². The van der Waals surface area contributed by atoms with E-state index in [0.717, 1.165) is 12.5 Å². The highest BCUT2D eigenvalue weighted by Gasteiger charge is 2.36. The van der Waals surface area contributed by atoms with E-state index in [4.69, 9.17) is 13.3 Å². The first-order chi connectivity index (χ1) is 12.1. The maximum absolute atomic E-state index is 5.45. The van der Waals surface area contributed by atoms with Crippen molar-refractivity contribution in [3.05, 3.63) is 23.5 Å². The average molecular weight is 370 g/mol. The molecule has 0 fully saturated rings. The fourth-order valence-corrected chi connectivity index (χ4v) is 5.25. The van der Waals surface area contributed by atoms with E-state index in [0.29, 0.717) is 0 Å². The van der Waals surface area contributed by atoms with Crippen molar-refractivity contribution >= 4 is 8.80 Å². The summed E-state index contributed by atoms with van der Waals surface area (Å²) in [6.45, 7) is 5.58. The Bertz CT molecular complexity index is 430. The van der Waals surface area contributed by atoms with Crippen LogP contribution in [0.25, 0.3) is 0 Å². The van der Waals surface area contributed by atoms with Crippen molar-refractivity contribution in [1.29, 1.82) is 0 Å². The zero-order valence-electron chi connectivity index (χ0n) is 17.1. The van der Waals surface area contributed by atoms with Gasteiger partial charge in [0, 0.05) is 45.3 Å². The predicted molar refractivity (Wildman–Crippen MR) is 107 cm³/mol. The number of aromatic nitrogens is 1. The molecule has 1 heterocycles. The third-order valence-electron chi connectivity index (χ3n) is 5.21. The Kier molecular flexibility index (Phi) is 11.4. The molecule has 146 valence electrons. The van der Waals surface area contributed by atoms with Gasteiger partial charge in [-0.3, -0.25) is 0 Å². The van der Waals surface area contributed by atoms with Crippen LogP contribution in [0.15, 0.2) is 12.1 Å². The van der Waals surface area contributed by atoms with Gasteiger partial charge in [0.2, 0.25) is 0 Å². The lowest BCUT2D eigenvalue weighted by Crippen LogP contribution is -2.42. The van der Waals surface area contributed by atoms with Gasteiger partial charge in [0.15, 0.2) is 0 Å². The summed E-state index contributed by atoms with van der Waals surface area (Å²) in [6, 6.07) is 5.36. The monoisotopic (exact) mass is 369 g/mol. The Morgan fingerprint density at radius 2 is 1.08 bits per heavy atom. The molecule has 4 nitrogen and oxygen atoms in total. The van der Waals surface area contributed by atoms with E-state index in [-0.39, 0.29) is 0 Å². The molecule has 0 aromatic carbocycles. The second-order valence-electron chi connectivity index (χ2n) is 7.00. The van der Waals surface area contributed by atoms with Crippen LogP contribution in [0.3, 0.4) is 0 Å². The number of hydrogen-bond donors (Lipinski definition) is 0. The summed E-state index contributed by atoms with van der Waals surface area (Å²) in [7, 11) is 2.74. The Morgan fingerprint density at radius 3 is 1.52 bits per heavy atom. The van der Waals surface area contributed by atoms with Crippen LogP contribution < -0.4 is 0 Å². The van der Waals surface area contributed by atoms with Gasteiger partial charge < -0.3 is 17.8 Å². The first kappa shape index (κ1) is 22.4. The summed E-state index contributed by atoms with van der Waals surface area (Å²) < 4.78 is 18.8. The Labute approximate surface area is 156 Å². The second kappa shape index (κ2) is 12.7. The topological polar surface area (TPSA) is 32.6 Å². The van der Waals surface area contributed by atoms with E-state index in [2.05, 4.69) is 30.5 Å². The third kappa shape index (κ3) is 8.07. The van der Waals surface area contributed by atoms with Gasteiger partial charge >= 0.3 is 8.80 Å². The Hall–Kier alpha value is -0.623. The lowest BCUT2D eigenvalue weighted by molar-refractivity contribution is 0.122. The van der Waals surface area contributed by atoms with Crippen LogP contribution in [-0.2, 0) is 19.8 Å². The van der Waals surface area contributed by atoms with Crippen LogP contribution in [0.4, 0.5) is 0 Å². The molecule has 0 N–H and O–H groups in total. The highest BCUT2D eigenvalue weighted by atomic mass is 28.4. The summed E-state index contributed by atoms with van der Waals surface area (Å²) >= 11 is 0. The van der Waals surface area contributed by atoms with Crippen LogP contribution in [0.2, 0.25) is 6.04 Å². The molecular weight excluding hydrogens is 330 g/mol. The first-order valence-corrected chi connectivity index (χ1v) is 11.8. The number of hydrogen-bond acceptors (Lipinski definition) is 3. The molecule has 25 heavy (non-hydrogen) atoms. The molecule has 5 heteroatoms. The van der Waals surface area contributed by atoms with Gasteiger partial charge in [0.1, 0.15) is 0 Å². The molecule has 0 spiro atoms. The molecule has 0 aliphatic carbocycles. The summed E-state index contributed by atoms with van der Waals surface area (Å²) in [5.74, 6) is 0. The maximum Gasteiger partial charge on any atom is 0.500 e. The molecule has 0 atom stereocenters. The summed E-state index contributed by atoms with van der Waals surface area (Å²) in [5, 5.41) is 0. The first-order valence-electron chi connectivity index (χ1n) is 9.86. The standard InChI is InChI=1S/C20H39NO3Si/c1-19-15-16-20(2)21(19)17-13-11-9-7-6-8-10-12-14-18-25(22-3,23-4)24-5/h15-16H,6-14,17-18H2,1-5H3. The molecule has 0 saturated carbocycles. The minimum absolute atomic E-state index is 0.925. The number of unbranched alkanes of at least 4 members (excludes halogenated alkanes) is 8. The highest BCUT2D eigenvalue weighted by molar-refractivity contribution is 6.60. The zero-order valence-corrected chi connectivity index (χ0v) is 18.1. The molecular formula is C20H39NO3Si. The van der Waals surface area contributed by atoms with Crippen LogP contribution >= 0.6 is 0 Å². The highest BCUT2D eigenvalue weighted by Crippen LogP contribution is 2.18. The van der Waals surface area contributed by atoms with E-state index in [1.807, 2.05) is 0 Å². The van der Waals surface area contributed by atoms with Crippen LogP contribution in [-0.4, -0.2) is 34.7 Å². The van der Waals surface area contributed by atoms with Gasteiger partial charge in [-0.15, -0.1) is 0 Å². The quantitative estimate of drug-likeness (QED) is 0.302. The number of rotatable bonds is 15. The van der Waals surface area contributed by atoms with Gasteiger partial charge in [-0.25, -0.2) is 0 Å². The van der Waals surface area contributed by atoms with Crippen LogP contribution in [0.5, 0.6) is 0 Å². The van der Waals surface area contributed by atoms with Gasteiger partial charge in [-0.05, 0) is 38.8 Å².